The van der Waals surface area contributed by atoms with Gasteiger partial charge in [-0.05, 0) is 87.2 Å². The molecule has 198 valence electrons. The molecule has 7 heteroatoms. The molecular weight excluding hydrogens is 472 g/mol. The number of fused-ring (bicyclic) bond motifs is 6. The van der Waals surface area contributed by atoms with Crippen molar-refractivity contribution in [1.29, 1.82) is 0 Å². The highest BCUT2D eigenvalue weighted by Crippen LogP contribution is 2.74. The van der Waals surface area contributed by atoms with Gasteiger partial charge in [0.2, 0.25) is 0 Å². The maximum Gasteiger partial charge on any atom is 0.334 e. The average molecular weight is 509 g/mol. The van der Waals surface area contributed by atoms with Crippen LogP contribution in [0, 0.1) is 29.1 Å². The highest BCUT2D eigenvalue weighted by atomic mass is 16.6. The molecule has 7 nitrogen and oxygen atoms in total. The third-order valence-corrected chi connectivity index (χ3v) is 11.2. The molecule has 2 N–H and O–H groups in total. The first-order valence-corrected chi connectivity index (χ1v) is 13.6. The summed E-state index contributed by atoms with van der Waals surface area (Å²) in [4.78, 5) is 24.6. The minimum Gasteiger partial charge on any atom is -0.456 e. The third-order valence-electron chi connectivity index (χ3n) is 11.2. The second-order valence-electron chi connectivity index (χ2n) is 13.5. The minimum atomic E-state index is -1.30. The van der Waals surface area contributed by atoms with Crippen molar-refractivity contribution in [3.05, 3.63) is 47.1 Å². The van der Waals surface area contributed by atoms with E-state index in [9.17, 15) is 19.8 Å². The molecule has 2 saturated carbocycles. The van der Waals surface area contributed by atoms with Gasteiger partial charge < -0.3 is 24.4 Å². The van der Waals surface area contributed by atoms with Gasteiger partial charge in [-0.25, -0.2) is 9.59 Å². The molecule has 1 spiro atoms. The molecule has 0 bridgehead atoms. The molecule has 1 saturated heterocycles. The maximum absolute atomic E-state index is 12.6. The minimum absolute atomic E-state index is 0.0163. The van der Waals surface area contributed by atoms with E-state index in [1.807, 2.05) is 45.1 Å². The van der Waals surface area contributed by atoms with Crippen LogP contribution in [0.4, 0.5) is 0 Å². The Morgan fingerprint density at radius 2 is 1.73 bits per heavy atom. The second-order valence-corrected chi connectivity index (χ2v) is 13.5. The average Bonchev–Trinajstić information content (AvgIpc) is 3.51. The summed E-state index contributed by atoms with van der Waals surface area (Å²) >= 11 is 0. The van der Waals surface area contributed by atoms with Crippen molar-refractivity contribution in [2.45, 2.75) is 94.9 Å². The van der Waals surface area contributed by atoms with E-state index in [0.29, 0.717) is 12.0 Å². The first-order chi connectivity index (χ1) is 17.3. The Morgan fingerprint density at radius 1 is 0.973 bits per heavy atom. The normalized spacial score (nSPS) is 52.7. The Labute approximate surface area is 217 Å². The first-order valence-electron chi connectivity index (χ1n) is 13.6. The Hall–Kier alpha value is -2.22. The Bertz CT molecular complexity index is 1260. The zero-order chi connectivity index (χ0) is 26.3. The molecule has 37 heavy (non-hydrogen) atoms. The van der Waals surface area contributed by atoms with E-state index in [2.05, 4.69) is 6.92 Å². The lowest BCUT2D eigenvalue weighted by Crippen LogP contribution is -2.66. The summed E-state index contributed by atoms with van der Waals surface area (Å²) in [6.07, 6.45) is 11.0. The van der Waals surface area contributed by atoms with E-state index < -0.39 is 28.5 Å². The highest BCUT2D eigenvalue weighted by molar-refractivity contribution is 5.90. The number of aliphatic hydroxyl groups is 2. The zero-order valence-corrected chi connectivity index (χ0v) is 22.1. The fraction of sp³-hybridized carbons (Fsp3) is 0.667. The molecule has 0 aromatic carbocycles. The lowest BCUT2D eigenvalue weighted by Gasteiger charge is -2.55. The van der Waals surface area contributed by atoms with Crippen LogP contribution in [0.1, 0.15) is 60.3 Å². The van der Waals surface area contributed by atoms with Crippen molar-refractivity contribution in [3.63, 3.8) is 0 Å². The third kappa shape index (κ3) is 2.78. The molecule has 10 atom stereocenters. The number of esters is 2. The van der Waals surface area contributed by atoms with Crippen LogP contribution in [0.25, 0.3) is 0 Å². The molecule has 0 amide bonds. The van der Waals surface area contributed by atoms with Crippen LogP contribution in [-0.4, -0.2) is 56.8 Å². The van der Waals surface area contributed by atoms with Gasteiger partial charge in [-0.15, -0.1) is 0 Å². The lowest BCUT2D eigenvalue weighted by molar-refractivity contribution is -0.160. The molecule has 3 fully saturated rings. The predicted molar refractivity (Wildman–Crippen MR) is 133 cm³/mol. The molecule has 0 radical (unpaired) electrons. The van der Waals surface area contributed by atoms with E-state index in [-0.39, 0.29) is 47.1 Å². The quantitative estimate of drug-likeness (QED) is 0.382. The number of hydrogen-bond donors (Lipinski definition) is 2. The molecule has 0 aromatic rings. The molecular formula is C30H36O7. The monoisotopic (exact) mass is 508 g/mol. The van der Waals surface area contributed by atoms with Crippen molar-refractivity contribution in [3.8, 4) is 0 Å². The Kier molecular flexibility index (Phi) is 4.42. The molecule has 0 aromatic heterocycles. The summed E-state index contributed by atoms with van der Waals surface area (Å²) < 4.78 is 18.0. The van der Waals surface area contributed by atoms with Crippen molar-refractivity contribution in [1.82, 2.24) is 0 Å². The molecule has 3 aliphatic heterocycles. The van der Waals surface area contributed by atoms with E-state index in [4.69, 9.17) is 14.2 Å². The topological polar surface area (TPSA) is 106 Å². The van der Waals surface area contributed by atoms with Gasteiger partial charge in [-0.2, -0.15) is 0 Å². The van der Waals surface area contributed by atoms with Gasteiger partial charge in [0.05, 0.1) is 11.7 Å². The lowest BCUT2D eigenvalue weighted by atomic mass is 9.50. The van der Waals surface area contributed by atoms with E-state index in [1.165, 1.54) is 6.08 Å². The number of cyclic esters (lactones) is 1. The van der Waals surface area contributed by atoms with Gasteiger partial charge >= 0.3 is 11.9 Å². The van der Waals surface area contributed by atoms with E-state index in [1.54, 1.807) is 6.92 Å². The molecule has 7 aliphatic rings. The first kappa shape index (κ1) is 23.9. The summed E-state index contributed by atoms with van der Waals surface area (Å²) in [6, 6.07) is 0. The number of ether oxygens (including phenoxy) is 3. The number of carbonyl (C=O) groups excluding carboxylic acids is 2. The van der Waals surface area contributed by atoms with Gasteiger partial charge in [-0.3, -0.25) is 0 Å². The van der Waals surface area contributed by atoms with E-state index >= 15 is 0 Å². The second kappa shape index (κ2) is 6.85. The number of epoxide rings is 1. The molecule has 3 heterocycles. The zero-order valence-electron chi connectivity index (χ0n) is 22.1. The highest BCUT2D eigenvalue weighted by Gasteiger charge is 2.83. The summed E-state index contributed by atoms with van der Waals surface area (Å²) in [6.45, 7) is 9.84. The number of rotatable bonds is 0. The number of hydrogen-bond acceptors (Lipinski definition) is 7. The Morgan fingerprint density at radius 3 is 2.49 bits per heavy atom. The predicted octanol–water partition coefficient (Wildman–Crippen LogP) is 3.31. The fourth-order valence-corrected chi connectivity index (χ4v) is 9.59. The molecule has 4 aliphatic carbocycles. The molecule has 7 rings (SSSR count). The van der Waals surface area contributed by atoms with Gasteiger partial charge in [0.1, 0.15) is 22.9 Å². The van der Waals surface area contributed by atoms with Crippen LogP contribution < -0.4 is 0 Å². The van der Waals surface area contributed by atoms with Crippen LogP contribution in [0.5, 0.6) is 0 Å². The van der Waals surface area contributed by atoms with Crippen molar-refractivity contribution in [2.24, 2.45) is 29.1 Å². The fourth-order valence-electron chi connectivity index (χ4n) is 9.59. The van der Waals surface area contributed by atoms with E-state index in [0.717, 1.165) is 30.4 Å². The van der Waals surface area contributed by atoms with Gasteiger partial charge in [0, 0.05) is 29.4 Å². The van der Waals surface area contributed by atoms with Crippen LogP contribution >= 0.6 is 0 Å². The van der Waals surface area contributed by atoms with Crippen molar-refractivity contribution < 1.29 is 34.0 Å². The summed E-state index contributed by atoms with van der Waals surface area (Å²) in [5, 5.41) is 25.0. The maximum atomic E-state index is 12.6. The Balaban J connectivity index is 1.35. The van der Waals surface area contributed by atoms with Crippen LogP contribution in [0.15, 0.2) is 47.1 Å². The van der Waals surface area contributed by atoms with Crippen LogP contribution in [0.3, 0.4) is 0 Å². The van der Waals surface area contributed by atoms with Crippen molar-refractivity contribution >= 4 is 11.9 Å². The van der Waals surface area contributed by atoms with Crippen molar-refractivity contribution in [2.75, 3.05) is 0 Å². The smallest absolute Gasteiger partial charge is 0.334 e. The molecule has 1 unspecified atom stereocenters. The summed E-state index contributed by atoms with van der Waals surface area (Å²) in [7, 11) is 0. The number of allylic oxidation sites excluding steroid dienone is 1. The SMILES string of the molecule is CC1=CC2=C[C@@]3(O)[C@@H]4C[C@]5(O)C=C6C=CC(=O)OC(C)(C)[C@@H]6CC[C@H]5[C@]4(C)C[C@@H]4O[C@@]43[C@H](C)C2OC1=O. The van der Waals surface area contributed by atoms with Gasteiger partial charge in [-0.1, -0.05) is 19.9 Å². The van der Waals surface area contributed by atoms with Gasteiger partial charge in [0.15, 0.2) is 0 Å². The van der Waals surface area contributed by atoms with Crippen LogP contribution in [0.2, 0.25) is 0 Å². The largest absolute Gasteiger partial charge is 0.456 e. The number of carbonyl (C=O) groups is 2. The van der Waals surface area contributed by atoms with Gasteiger partial charge in [0.25, 0.3) is 0 Å². The summed E-state index contributed by atoms with van der Waals surface area (Å²) in [5.41, 5.74) is -2.04. The standard InChI is InChI=1S/C30H36O7/c1-15-10-18-12-29(34)21-13-28(33)11-17-6-9-23(31)37-26(3,4)19(17)7-8-20(28)27(21,5)14-22-30(29,36-22)16(2)24(18)35-25(15)32/h6,9-12,16,19-22,24,33-34H,7-8,13-14H2,1-5H3/t16-,19-,20+,21-,22+,24?,27+,28-,29-,30+/m1/s1. The van der Waals surface area contributed by atoms with Crippen LogP contribution in [-0.2, 0) is 23.8 Å². The summed E-state index contributed by atoms with van der Waals surface area (Å²) in [5.74, 6) is -1.24.